The van der Waals surface area contributed by atoms with E-state index in [4.69, 9.17) is 9.47 Å². The first-order valence-electron chi connectivity index (χ1n) is 9.63. The Kier molecular flexibility index (Phi) is 5.47. The Hall–Kier alpha value is -2.58. The highest BCUT2D eigenvalue weighted by Crippen LogP contribution is 2.28. The van der Waals surface area contributed by atoms with Crippen LogP contribution in [0.5, 0.6) is 11.5 Å². The van der Waals surface area contributed by atoms with Crippen molar-refractivity contribution in [3.05, 3.63) is 54.1 Å². The van der Waals surface area contributed by atoms with Gasteiger partial charge in [-0.25, -0.2) is 8.42 Å². The van der Waals surface area contributed by atoms with Gasteiger partial charge < -0.3 is 14.4 Å². The first-order valence-corrected chi connectivity index (χ1v) is 11.1. The molecule has 1 saturated heterocycles. The van der Waals surface area contributed by atoms with Gasteiger partial charge >= 0.3 is 0 Å². The summed E-state index contributed by atoms with van der Waals surface area (Å²) in [5.41, 5.74) is 1.04. The molecule has 4 rings (SSSR count). The second-order valence-electron chi connectivity index (χ2n) is 7.22. The van der Waals surface area contributed by atoms with Crippen molar-refractivity contribution in [2.45, 2.75) is 11.3 Å². The monoisotopic (exact) mass is 416 g/mol. The molecule has 2 aliphatic heterocycles. The Bertz CT molecular complexity index is 982. The molecule has 0 saturated carbocycles. The van der Waals surface area contributed by atoms with Crippen LogP contribution in [0.1, 0.15) is 5.56 Å². The van der Waals surface area contributed by atoms with Crippen molar-refractivity contribution in [1.82, 2.24) is 9.21 Å². The van der Waals surface area contributed by atoms with Crippen molar-refractivity contribution < 1.29 is 22.7 Å². The molecule has 0 radical (unpaired) electrons. The number of piperazine rings is 1. The Morgan fingerprint density at radius 3 is 2.41 bits per heavy atom. The SMILES string of the molecule is COc1ccc(S(=O)(=O)N2CCN(C(=O)[C@H]3COc4ccccc4C3)CC2)cc1. The molecule has 8 heteroatoms. The van der Waals surface area contributed by atoms with Crippen molar-refractivity contribution in [3.63, 3.8) is 0 Å². The number of amides is 1. The molecule has 29 heavy (non-hydrogen) atoms. The van der Waals surface area contributed by atoms with E-state index in [1.165, 1.54) is 11.4 Å². The lowest BCUT2D eigenvalue weighted by atomic mass is 9.95. The molecule has 2 heterocycles. The summed E-state index contributed by atoms with van der Waals surface area (Å²) in [5, 5.41) is 0. The minimum Gasteiger partial charge on any atom is -0.497 e. The lowest BCUT2D eigenvalue weighted by Gasteiger charge is -2.36. The number of hydrogen-bond donors (Lipinski definition) is 0. The van der Waals surface area contributed by atoms with E-state index in [0.29, 0.717) is 31.9 Å². The van der Waals surface area contributed by atoms with Gasteiger partial charge in [0.05, 0.1) is 17.9 Å². The second kappa shape index (κ2) is 8.04. The minimum atomic E-state index is -3.59. The van der Waals surface area contributed by atoms with E-state index >= 15 is 0 Å². The fourth-order valence-corrected chi connectivity index (χ4v) is 5.21. The third-order valence-corrected chi connectivity index (χ3v) is 7.39. The molecule has 1 atom stereocenters. The standard InChI is InChI=1S/C21H24N2O5S/c1-27-18-6-8-19(9-7-18)29(25,26)23-12-10-22(11-13-23)21(24)17-14-16-4-2-3-5-20(16)28-15-17/h2-9,17H,10-15H2,1H3/t17-/m1/s1. The molecule has 154 valence electrons. The second-order valence-corrected chi connectivity index (χ2v) is 9.16. The summed E-state index contributed by atoms with van der Waals surface area (Å²) < 4.78 is 38.0. The molecule has 1 fully saturated rings. The predicted molar refractivity (Wildman–Crippen MR) is 107 cm³/mol. The van der Waals surface area contributed by atoms with E-state index in [-0.39, 0.29) is 29.8 Å². The van der Waals surface area contributed by atoms with E-state index < -0.39 is 10.0 Å². The normalized spacial score (nSPS) is 19.9. The number of hydrogen-bond acceptors (Lipinski definition) is 5. The quantitative estimate of drug-likeness (QED) is 0.760. The molecule has 2 aromatic carbocycles. The van der Waals surface area contributed by atoms with Gasteiger partial charge in [0.25, 0.3) is 0 Å². The van der Waals surface area contributed by atoms with Gasteiger partial charge in [0.1, 0.15) is 18.1 Å². The molecule has 7 nitrogen and oxygen atoms in total. The van der Waals surface area contributed by atoms with Crippen LogP contribution in [0.3, 0.4) is 0 Å². The summed E-state index contributed by atoms with van der Waals surface area (Å²) in [6.45, 7) is 1.69. The van der Waals surface area contributed by atoms with Crippen molar-refractivity contribution in [2.24, 2.45) is 5.92 Å². The first kappa shape index (κ1) is 19.7. The molecule has 0 bridgehead atoms. The first-order chi connectivity index (χ1) is 14.0. The average molecular weight is 416 g/mol. The van der Waals surface area contributed by atoms with Crippen molar-refractivity contribution in [2.75, 3.05) is 39.9 Å². The highest BCUT2D eigenvalue weighted by atomic mass is 32.2. The van der Waals surface area contributed by atoms with Crippen molar-refractivity contribution in [3.8, 4) is 11.5 Å². The number of methoxy groups -OCH3 is 1. The van der Waals surface area contributed by atoms with E-state index in [1.807, 2.05) is 24.3 Å². The molecular formula is C21H24N2O5S. The number of nitrogens with zero attached hydrogens (tertiary/aromatic N) is 2. The number of para-hydroxylation sites is 1. The van der Waals surface area contributed by atoms with Gasteiger partial charge in [-0.05, 0) is 42.3 Å². The van der Waals surface area contributed by atoms with Gasteiger partial charge in [-0.2, -0.15) is 4.31 Å². The fraction of sp³-hybridized carbons (Fsp3) is 0.381. The highest BCUT2D eigenvalue weighted by Gasteiger charge is 2.34. The Morgan fingerprint density at radius 2 is 1.72 bits per heavy atom. The van der Waals surface area contributed by atoms with E-state index in [9.17, 15) is 13.2 Å². The number of ether oxygens (including phenoxy) is 2. The van der Waals surface area contributed by atoms with Gasteiger partial charge in [0, 0.05) is 26.2 Å². The highest BCUT2D eigenvalue weighted by molar-refractivity contribution is 7.89. The maximum absolute atomic E-state index is 12.9. The van der Waals surface area contributed by atoms with Crippen LogP contribution in [0.2, 0.25) is 0 Å². The fourth-order valence-electron chi connectivity index (χ4n) is 3.79. The van der Waals surface area contributed by atoms with Crippen molar-refractivity contribution >= 4 is 15.9 Å². The Morgan fingerprint density at radius 1 is 1.03 bits per heavy atom. The molecule has 0 aliphatic carbocycles. The van der Waals surface area contributed by atoms with Crippen LogP contribution in [0.25, 0.3) is 0 Å². The third-order valence-electron chi connectivity index (χ3n) is 5.48. The van der Waals surface area contributed by atoms with Gasteiger partial charge in [-0.15, -0.1) is 0 Å². The molecule has 2 aromatic rings. The molecular weight excluding hydrogens is 392 g/mol. The number of benzene rings is 2. The number of carbonyl (C=O) groups is 1. The third kappa shape index (κ3) is 3.95. The average Bonchev–Trinajstić information content (AvgIpc) is 2.78. The maximum Gasteiger partial charge on any atom is 0.243 e. The number of carbonyl (C=O) groups excluding carboxylic acids is 1. The van der Waals surface area contributed by atoms with E-state index in [0.717, 1.165) is 11.3 Å². The molecule has 1 amide bonds. The van der Waals surface area contributed by atoms with Crippen LogP contribution in [0.4, 0.5) is 0 Å². The number of fused-ring (bicyclic) bond motifs is 1. The van der Waals surface area contributed by atoms with Crippen LogP contribution < -0.4 is 9.47 Å². The molecule has 0 unspecified atom stereocenters. The lowest BCUT2D eigenvalue weighted by Crippen LogP contribution is -2.52. The van der Waals surface area contributed by atoms with Crippen LogP contribution in [-0.2, 0) is 21.2 Å². The molecule has 0 aromatic heterocycles. The van der Waals surface area contributed by atoms with E-state index in [2.05, 4.69) is 0 Å². The van der Waals surface area contributed by atoms with Crippen LogP contribution in [-0.4, -0.2) is 63.4 Å². The minimum absolute atomic E-state index is 0.0287. The summed E-state index contributed by atoms with van der Waals surface area (Å²) in [7, 11) is -2.05. The predicted octanol–water partition coefficient (Wildman–Crippen LogP) is 1.78. The zero-order chi connectivity index (χ0) is 20.4. The molecule has 0 spiro atoms. The number of rotatable bonds is 4. The summed E-state index contributed by atoms with van der Waals surface area (Å²) in [5.74, 6) is 1.25. The van der Waals surface area contributed by atoms with E-state index in [1.54, 1.807) is 29.2 Å². The van der Waals surface area contributed by atoms with Crippen LogP contribution in [0.15, 0.2) is 53.4 Å². The topological polar surface area (TPSA) is 76.2 Å². The van der Waals surface area contributed by atoms with Crippen molar-refractivity contribution in [1.29, 1.82) is 0 Å². The summed E-state index contributed by atoms with van der Waals surface area (Å²) in [6.07, 6.45) is 0.652. The summed E-state index contributed by atoms with van der Waals surface area (Å²) in [6, 6.07) is 14.1. The summed E-state index contributed by atoms with van der Waals surface area (Å²) in [4.78, 5) is 14.9. The lowest BCUT2D eigenvalue weighted by molar-refractivity contribution is -0.138. The van der Waals surface area contributed by atoms with Gasteiger partial charge in [0.2, 0.25) is 15.9 Å². The zero-order valence-electron chi connectivity index (χ0n) is 16.3. The van der Waals surface area contributed by atoms with Gasteiger partial charge in [-0.1, -0.05) is 18.2 Å². The molecule has 0 N–H and O–H groups in total. The summed E-state index contributed by atoms with van der Waals surface area (Å²) >= 11 is 0. The van der Waals surface area contributed by atoms with Gasteiger partial charge in [-0.3, -0.25) is 4.79 Å². The Labute approximate surface area is 170 Å². The Balaban J connectivity index is 1.38. The smallest absolute Gasteiger partial charge is 0.243 e. The molecule has 2 aliphatic rings. The zero-order valence-corrected chi connectivity index (χ0v) is 17.1. The van der Waals surface area contributed by atoms with Crippen LogP contribution >= 0.6 is 0 Å². The maximum atomic E-state index is 12.9. The largest absolute Gasteiger partial charge is 0.497 e. The van der Waals surface area contributed by atoms with Gasteiger partial charge in [0.15, 0.2) is 0 Å². The number of sulfonamides is 1. The van der Waals surface area contributed by atoms with Crippen LogP contribution in [0, 0.1) is 5.92 Å².